The molecule has 2 aromatic rings. The lowest BCUT2D eigenvalue weighted by Crippen LogP contribution is -2.32. The van der Waals surface area contributed by atoms with E-state index in [0.29, 0.717) is 24.7 Å². The molecule has 2 rings (SSSR count). The molecule has 2 N–H and O–H groups in total. The van der Waals surface area contributed by atoms with Gasteiger partial charge in [-0.3, -0.25) is 4.68 Å². The molecule has 7 heteroatoms. The second-order valence-corrected chi connectivity index (χ2v) is 5.38. The van der Waals surface area contributed by atoms with E-state index in [2.05, 4.69) is 15.7 Å². The van der Waals surface area contributed by atoms with E-state index in [4.69, 9.17) is 9.47 Å². The molecule has 0 aliphatic rings. The minimum Gasteiger partial charge on any atom is -0.491 e. The zero-order valence-electron chi connectivity index (χ0n) is 14.3. The number of methoxy groups -OCH3 is 1. The van der Waals surface area contributed by atoms with E-state index in [1.165, 1.54) is 0 Å². The topological polar surface area (TPSA) is 77.4 Å². The average molecular weight is 332 g/mol. The van der Waals surface area contributed by atoms with Crippen LogP contribution in [0.25, 0.3) is 0 Å². The highest BCUT2D eigenvalue weighted by Gasteiger charge is 2.14. The monoisotopic (exact) mass is 332 g/mol. The predicted octanol–water partition coefficient (Wildman–Crippen LogP) is 2.72. The van der Waals surface area contributed by atoms with Gasteiger partial charge in [0.25, 0.3) is 0 Å². The number of carbonyl (C=O) groups is 1. The standard InChI is InChI=1S/C17H24N4O3/c1-4-16(13-11-18-21(2)12-13)20-17(22)19-14-6-5-7-15(10-14)24-9-8-23-3/h5-7,10-12,16H,4,8-9H2,1-3H3,(H2,19,20,22)/t16-/m0/s1. The molecule has 0 radical (unpaired) electrons. The van der Waals surface area contributed by atoms with Crippen LogP contribution in [0, 0.1) is 0 Å². The summed E-state index contributed by atoms with van der Waals surface area (Å²) in [5, 5.41) is 9.92. The Kier molecular flexibility index (Phi) is 6.62. The van der Waals surface area contributed by atoms with Gasteiger partial charge in [0.05, 0.1) is 18.8 Å². The summed E-state index contributed by atoms with van der Waals surface area (Å²) in [6.45, 7) is 2.99. The van der Waals surface area contributed by atoms with Gasteiger partial charge in [-0.1, -0.05) is 13.0 Å². The number of carbonyl (C=O) groups excluding carboxylic acids is 1. The molecule has 0 saturated carbocycles. The highest BCUT2D eigenvalue weighted by Crippen LogP contribution is 2.19. The first-order valence-corrected chi connectivity index (χ1v) is 7.90. The first kappa shape index (κ1) is 17.8. The third-order valence-corrected chi connectivity index (χ3v) is 3.49. The van der Waals surface area contributed by atoms with Gasteiger partial charge >= 0.3 is 6.03 Å². The van der Waals surface area contributed by atoms with Gasteiger partial charge in [-0.15, -0.1) is 0 Å². The Morgan fingerprint density at radius 2 is 2.21 bits per heavy atom. The minimum absolute atomic E-state index is 0.0835. The third kappa shape index (κ3) is 5.27. The SMILES string of the molecule is CC[C@H](NC(=O)Nc1cccc(OCCOC)c1)c1cnn(C)c1. The fourth-order valence-electron chi connectivity index (χ4n) is 2.27. The number of benzene rings is 1. The van der Waals surface area contributed by atoms with Gasteiger partial charge in [0, 0.05) is 37.7 Å². The second kappa shape index (κ2) is 8.93. The van der Waals surface area contributed by atoms with Crippen LogP contribution < -0.4 is 15.4 Å². The van der Waals surface area contributed by atoms with Gasteiger partial charge in [-0.05, 0) is 18.6 Å². The van der Waals surface area contributed by atoms with Crippen molar-refractivity contribution in [3.8, 4) is 5.75 Å². The van der Waals surface area contributed by atoms with Crippen molar-refractivity contribution in [1.29, 1.82) is 0 Å². The maximum Gasteiger partial charge on any atom is 0.319 e. The summed E-state index contributed by atoms with van der Waals surface area (Å²) < 4.78 is 12.2. The number of nitrogens with zero attached hydrogens (tertiary/aromatic N) is 2. The number of urea groups is 1. The summed E-state index contributed by atoms with van der Waals surface area (Å²) in [7, 11) is 3.48. The summed E-state index contributed by atoms with van der Waals surface area (Å²) >= 11 is 0. The summed E-state index contributed by atoms with van der Waals surface area (Å²) in [5.74, 6) is 0.684. The molecule has 2 amide bonds. The molecule has 130 valence electrons. The number of aromatic nitrogens is 2. The van der Waals surface area contributed by atoms with E-state index in [9.17, 15) is 4.79 Å². The van der Waals surface area contributed by atoms with Crippen LogP contribution >= 0.6 is 0 Å². The molecule has 1 aromatic carbocycles. The zero-order chi connectivity index (χ0) is 17.4. The van der Waals surface area contributed by atoms with Crippen molar-refractivity contribution in [2.24, 2.45) is 7.05 Å². The Hall–Kier alpha value is -2.54. The third-order valence-electron chi connectivity index (χ3n) is 3.49. The van der Waals surface area contributed by atoms with Gasteiger partial charge in [-0.2, -0.15) is 5.10 Å². The van der Waals surface area contributed by atoms with Crippen LogP contribution in [0.15, 0.2) is 36.7 Å². The minimum atomic E-state index is -0.264. The molecule has 0 spiro atoms. The largest absolute Gasteiger partial charge is 0.491 e. The molecular weight excluding hydrogens is 308 g/mol. The summed E-state index contributed by atoms with van der Waals surface area (Å²) in [4.78, 5) is 12.2. The highest BCUT2D eigenvalue weighted by atomic mass is 16.5. The Morgan fingerprint density at radius 3 is 2.88 bits per heavy atom. The summed E-state index contributed by atoms with van der Waals surface area (Å²) in [6.07, 6.45) is 4.44. The van der Waals surface area contributed by atoms with Crippen LogP contribution in [0.2, 0.25) is 0 Å². The molecule has 0 saturated heterocycles. The number of rotatable bonds is 8. The van der Waals surface area contributed by atoms with E-state index < -0.39 is 0 Å². The van der Waals surface area contributed by atoms with E-state index >= 15 is 0 Å². The summed E-state index contributed by atoms with van der Waals surface area (Å²) in [6, 6.07) is 6.91. The number of hydrogen-bond donors (Lipinski definition) is 2. The maximum atomic E-state index is 12.2. The fraction of sp³-hybridized carbons (Fsp3) is 0.412. The molecule has 7 nitrogen and oxygen atoms in total. The van der Waals surface area contributed by atoms with Gasteiger partial charge < -0.3 is 20.1 Å². The normalized spacial score (nSPS) is 11.8. The molecule has 0 fully saturated rings. The molecule has 24 heavy (non-hydrogen) atoms. The number of ether oxygens (including phenoxy) is 2. The molecule has 0 unspecified atom stereocenters. The van der Waals surface area contributed by atoms with Crippen LogP contribution in [-0.4, -0.2) is 36.1 Å². The maximum absolute atomic E-state index is 12.2. The van der Waals surface area contributed by atoms with E-state index in [1.807, 2.05) is 38.4 Å². The lowest BCUT2D eigenvalue weighted by atomic mass is 10.1. The number of aryl methyl sites for hydroxylation is 1. The van der Waals surface area contributed by atoms with Gasteiger partial charge in [0.1, 0.15) is 12.4 Å². The van der Waals surface area contributed by atoms with E-state index in [-0.39, 0.29) is 12.1 Å². The number of amides is 2. The fourth-order valence-corrected chi connectivity index (χ4v) is 2.27. The molecule has 0 aliphatic carbocycles. The van der Waals surface area contributed by atoms with Gasteiger partial charge in [0.2, 0.25) is 0 Å². The van der Waals surface area contributed by atoms with Crippen LogP contribution in [0.5, 0.6) is 5.75 Å². The van der Waals surface area contributed by atoms with Crippen LogP contribution in [0.3, 0.4) is 0 Å². The van der Waals surface area contributed by atoms with E-state index in [0.717, 1.165) is 12.0 Å². The van der Waals surface area contributed by atoms with Crippen molar-refractivity contribution in [3.63, 3.8) is 0 Å². The smallest absolute Gasteiger partial charge is 0.319 e. The molecule has 1 atom stereocenters. The first-order valence-electron chi connectivity index (χ1n) is 7.90. The molecule has 1 heterocycles. The zero-order valence-corrected chi connectivity index (χ0v) is 14.3. The highest BCUT2D eigenvalue weighted by molar-refractivity contribution is 5.89. The average Bonchev–Trinajstić information content (AvgIpc) is 2.99. The van der Waals surface area contributed by atoms with Crippen molar-refractivity contribution in [2.45, 2.75) is 19.4 Å². The molecular formula is C17H24N4O3. The van der Waals surface area contributed by atoms with Crippen molar-refractivity contribution in [3.05, 3.63) is 42.2 Å². The first-order chi connectivity index (χ1) is 11.6. The Labute approximate surface area is 142 Å². The van der Waals surface area contributed by atoms with Crippen molar-refractivity contribution in [1.82, 2.24) is 15.1 Å². The number of anilines is 1. The Bertz CT molecular complexity index is 657. The lowest BCUT2D eigenvalue weighted by molar-refractivity contribution is 0.146. The molecule has 0 bridgehead atoms. The van der Waals surface area contributed by atoms with Crippen LogP contribution in [-0.2, 0) is 11.8 Å². The second-order valence-electron chi connectivity index (χ2n) is 5.38. The quantitative estimate of drug-likeness (QED) is 0.729. The Balaban J connectivity index is 1.92. The molecule has 1 aromatic heterocycles. The van der Waals surface area contributed by atoms with Crippen molar-refractivity contribution in [2.75, 3.05) is 25.6 Å². The Morgan fingerprint density at radius 1 is 1.38 bits per heavy atom. The number of hydrogen-bond acceptors (Lipinski definition) is 4. The predicted molar refractivity (Wildman–Crippen MR) is 92.2 cm³/mol. The van der Waals surface area contributed by atoms with E-state index in [1.54, 1.807) is 24.1 Å². The van der Waals surface area contributed by atoms with Crippen molar-refractivity contribution < 1.29 is 14.3 Å². The van der Waals surface area contributed by atoms with Crippen molar-refractivity contribution >= 4 is 11.7 Å². The van der Waals surface area contributed by atoms with Crippen LogP contribution in [0.4, 0.5) is 10.5 Å². The lowest BCUT2D eigenvalue weighted by Gasteiger charge is -2.16. The summed E-state index contributed by atoms with van der Waals surface area (Å²) in [5.41, 5.74) is 1.65. The molecule has 0 aliphatic heterocycles. The number of nitrogens with one attached hydrogen (secondary N) is 2. The van der Waals surface area contributed by atoms with Gasteiger partial charge in [-0.25, -0.2) is 4.79 Å². The van der Waals surface area contributed by atoms with Crippen LogP contribution in [0.1, 0.15) is 24.9 Å². The van der Waals surface area contributed by atoms with Gasteiger partial charge in [0.15, 0.2) is 0 Å².